The number of amides is 2. The summed E-state index contributed by atoms with van der Waals surface area (Å²) >= 11 is 6.36. The fourth-order valence-corrected chi connectivity index (χ4v) is 3.14. The largest absolute Gasteiger partial charge is 0.487 e. The first-order valence-corrected chi connectivity index (χ1v) is 11.2. The highest BCUT2D eigenvalue weighted by molar-refractivity contribution is 6.32. The van der Waals surface area contributed by atoms with Crippen LogP contribution in [0.1, 0.15) is 64.2 Å². The third-order valence-corrected chi connectivity index (χ3v) is 4.89. The Morgan fingerprint density at radius 2 is 1.69 bits per heavy atom. The Bertz CT molecular complexity index is 921. The van der Waals surface area contributed by atoms with Gasteiger partial charge in [-0.05, 0) is 62.4 Å². The van der Waals surface area contributed by atoms with Crippen molar-refractivity contribution in [2.24, 2.45) is 0 Å². The van der Waals surface area contributed by atoms with E-state index in [4.69, 9.17) is 21.1 Å². The lowest BCUT2D eigenvalue weighted by molar-refractivity contribution is -0.125. The summed E-state index contributed by atoms with van der Waals surface area (Å²) in [5.41, 5.74) is 4.97. The van der Waals surface area contributed by atoms with Crippen molar-refractivity contribution in [3.05, 3.63) is 64.2 Å². The highest BCUT2D eigenvalue weighted by Gasteiger charge is 2.22. The van der Waals surface area contributed by atoms with Gasteiger partial charge in [0.05, 0.1) is 11.4 Å². The van der Waals surface area contributed by atoms with Crippen molar-refractivity contribution in [3.8, 4) is 5.75 Å². The molecule has 174 valence electrons. The average Bonchev–Trinajstić information content (AvgIpc) is 2.70. The smallest absolute Gasteiger partial charge is 0.429 e. The molecule has 0 atom stereocenters. The minimum absolute atomic E-state index is 0.0654. The van der Waals surface area contributed by atoms with E-state index in [1.807, 2.05) is 12.1 Å². The molecule has 0 heterocycles. The van der Waals surface area contributed by atoms with Gasteiger partial charge in [0.1, 0.15) is 18.0 Å². The first-order chi connectivity index (χ1) is 15.0. The molecule has 1 N–H and O–H groups in total. The van der Waals surface area contributed by atoms with E-state index in [0.29, 0.717) is 28.9 Å². The van der Waals surface area contributed by atoms with E-state index in [1.54, 1.807) is 45.9 Å². The van der Waals surface area contributed by atoms with Gasteiger partial charge in [-0.25, -0.2) is 9.80 Å². The zero-order chi connectivity index (χ0) is 23.9. The van der Waals surface area contributed by atoms with Crippen molar-refractivity contribution in [2.75, 3.05) is 6.54 Å². The molecule has 6 nitrogen and oxygen atoms in total. The number of hydrogen-bond donors (Lipinski definition) is 1. The van der Waals surface area contributed by atoms with Crippen LogP contribution in [-0.2, 0) is 22.6 Å². The lowest BCUT2D eigenvalue weighted by atomic mass is 10.0. The van der Waals surface area contributed by atoms with Gasteiger partial charge >= 0.3 is 6.09 Å². The van der Waals surface area contributed by atoms with Crippen LogP contribution >= 0.6 is 11.6 Å². The van der Waals surface area contributed by atoms with Crippen LogP contribution in [0.25, 0.3) is 0 Å². The third-order valence-electron chi connectivity index (χ3n) is 4.59. The number of nitrogens with zero attached hydrogens (tertiary/aromatic N) is 1. The Balaban J connectivity index is 1.93. The Hall–Kier alpha value is -2.73. The lowest BCUT2D eigenvalue weighted by Crippen LogP contribution is -2.48. The highest BCUT2D eigenvalue weighted by atomic mass is 35.5. The predicted molar refractivity (Wildman–Crippen MR) is 127 cm³/mol. The second kappa shape index (κ2) is 11.2. The van der Waals surface area contributed by atoms with Crippen LogP contribution < -0.4 is 10.2 Å². The predicted octanol–water partition coefficient (Wildman–Crippen LogP) is 5.87. The molecule has 2 aromatic rings. The molecule has 7 heteroatoms. The maximum Gasteiger partial charge on any atom is 0.429 e. The minimum Gasteiger partial charge on any atom is -0.487 e. The van der Waals surface area contributed by atoms with E-state index in [0.717, 1.165) is 10.6 Å². The van der Waals surface area contributed by atoms with Crippen molar-refractivity contribution in [2.45, 2.75) is 66.1 Å². The quantitative estimate of drug-likeness (QED) is 0.524. The first-order valence-electron chi connectivity index (χ1n) is 10.8. The number of benzene rings is 2. The monoisotopic (exact) mass is 460 g/mol. The number of halogens is 1. The minimum atomic E-state index is -0.644. The van der Waals surface area contributed by atoms with E-state index in [-0.39, 0.29) is 18.9 Å². The lowest BCUT2D eigenvalue weighted by Gasteiger charge is -2.26. The van der Waals surface area contributed by atoms with Crippen LogP contribution in [-0.4, -0.2) is 29.2 Å². The van der Waals surface area contributed by atoms with Gasteiger partial charge in [-0.15, -0.1) is 0 Å². The van der Waals surface area contributed by atoms with Gasteiger partial charge in [0.15, 0.2) is 0 Å². The van der Waals surface area contributed by atoms with Crippen molar-refractivity contribution < 1.29 is 19.1 Å². The van der Waals surface area contributed by atoms with Gasteiger partial charge in [-0.3, -0.25) is 10.2 Å². The maximum absolute atomic E-state index is 12.4. The Labute approximate surface area is 195 Å². The molecule has 0 fully saturated rings. The summed E-state index contributed by atoms with van der Waals surface area (Å²) in [4.78, 5) is 24.6. The van der Waals surface area contributed by atoms with Crippen LogP contribution in [0, 0.1) is 0 Å². The fraction of sp³-hybridized carbons (Fsp3) is 0.440. The Kier molecular flexibility index (Phi) is 8.96. The second-order valence-electron chi connectivity index (χ2n) is 8.89. The van der Waals surface area contributed by atoms with Crippen LogP contribution in [0.3, 0.4) is 0 Å². The Morgan fingerprint density at radius 1 is 1.06 bits per heavy atom. The summed E-state index contributed by atoms with van der Waals surface area (Å²) in [6.07, 6.45) is -0.535. The van der Waals surface area contributed by atoms with Gasteiger partial charge in [-0.2, -0.15) is 0 Å². The second-order valence-corrected chi connectivity index (χ2v) is 9.29. The molecule has 0 saturated carbocycles. The number of hydrogen-bond acceptors (Lipinski definition) is 4. The molecule has 0 saturated heterocycles. The summed E-state index contributed by atoms with van der Waals surface area (Å²) in [5, 5.41) is 1.57. The molecule has 0 radical (unpaired) electrons. The molecular formula is C25H33ClN2O4. The number of ether oxygens (including phenoxy) is 2. The molecular weight excluding hydrogens is 428 g/mol. The zero-order valence-electron chi connectivity index (χ0n) is 19.7. The number of carbonyl (C=O) groups excluding carboxylic acids is 2. The van der Waals surface area contributed by atoms with Gasteiger partial charge in [0.25, 0.3) is 0 Å². The molecule has 0 aliphatic carbocycles. The number of carbonyl (C=O) groups is 2. The molecule has 2 amide bonds. The summed E-state index contributed by atoms with van der Waals surface area (Å²) in [6, 6.07) is 13.5. The molecule has 2 aromatic carbocycles. The standard InChI is InChI=1S/C25H33ClN2O4/c1-7-28(24(30)32-25(4,5)6)27-23(29)15-19-10-13-22(21(26)14-19)31-16-18-8-11-20(12-9-18)17(2)3/h8-14,17H,7,15-16H2,1-6H3,(H,27,29). The van der Waals surface area contributed by atoms with E-state index < -0.39 is 11.7 Å². The van der Waals surface area contributed by atoms with Gasteiger partial charge < -0.3 is 9.47 Å². The zero-order valence-corrected chi connectivity index (χ0v) is 20.5. The SMILES string of the molecule is CCN(NC(=O)Cc1ccc(OCc2ccc(C(C)C)cc2)c(Cl)c1)C(=O)OC(C)(C)C. The fourth-order valence-electron chi connectivity index (χ4n) is 2.88. The first kappa shape index (κ1) is 25.5. The van der Waals surface area contributed by atoms with Crippen molar-refractivity contribution in [3.63, 3.8) is 0 Å². The van der Waals surface area contributed by atoms with Gasteiger partial charge in [0.2, 0.25) is 5.91 Å². The van der Waals surface area contributed by atoms with Crippen LogP contribution in [0.4, 0.5) is 4.79 Å². The van der Waals surface area contributed by atoms with Crippen LogP contribution in [0.2, 0.25) is 5.02 Å². The molecule has 0 aliphatic rings. The molecule has 0 aromatic heterocycles. The molecule has 0 spiro atoms. The third kappa shape index (κ3) is 8.08. The summed E-state index contributed by atoms with van der Waals surface area (Å²) < 4.78 is 11.1. The summed E-state index contributed by atoms with van der Waals surface area (Å²) in [5.74, 6) is 0.693. The maximum atomic E-state index is 12.4. The highest BCUT2D eigenvalue weighted by Crippen LogP contribution is 2.27. The average molecular weight is 461 g/mol. The van der Waals surface area contributed by atoms with Crippen molar-refractivity contribution in [1.82, 2.24) is 10.4 Å². The summed E-state index contributed by atoms with van der Waals surface area (Å²) in [7, 11) is 0. The topological polar surface area (TPSA) is 67.9 Å². The van der Waals surface area contributed by atoms with E-state index >= 15 is 0 Å². The molecule has 2 rings (SSSR count). The number of nitrogens with one attached hydrogen (secondary N) is 1. The van der Waals surface area contributed by atoms with Crippen LogP contribution in [0.15, 0.2) is 42.5 Å². The van der Waals surface area contributed by atoms with Gasteiger partial charge in [0, 0.05) is 6.54 Å². The van der Waals surface area contributed by atoms with Crippen LogP contribution in [0.5, 0.6) is 5.75 Å². The molecule has 0 bridgehead atoms. The van der Waals surface area contributed by atoms with Crippen molar-refractivity contribution in [1.29, 1.82) is 0 Å². The van der Waals surface area contributed by atoms with E-state index in [2.05, 4.69) is 31.4 Å². The molecule has 32 heavy (non-hydrogen) atoms. The Morgan fingerprint density at radius 3 is 2.22 bits per heavy atom. The van der Waals surface area contributed by atoms with E-state index in [1.165, 1.54) is 5.56 Å². The van der Waals surface area contributed by atoms with Gasteiger partial charge in [-0.1, -0.05) is 55.8 Å². The normalized spacial score (nSPS) is 11.2. The number of rotatable bonds is 7. The van der Waals surface area contributed by atoms with E-state index in [9.17, 15) is 9.59 Å². The summed E-state index contributed by atoms with van der Waals surface area (Å²) in [6.45, 7) is 12.1. The molecule has 0 unspecified atom stereocenters. The van der Waals surface area contributed by atoms with Crippen molar-refractivity contribution >= 4 is 23.6 Å². The number of hydrazine groups is 1. The molecule has 0 aliphatic heterocycles.